The van der Waals surface area contributed by atoms with Crippen molar-refractivity contribution in [3.8, 4) is 0 Å². The first kappa shape index (κ1) is 7.80. The Morgan fingerprint density at radius 2 is 1.54 bits per heavy atom. The predicted molar refractivity (Wildman–Crippen MR) is 52.4 cm³/mol. The second-order valence-corrected chi connectivity index (χ2v) is 2.81. The van der Waals surface area contributed by atoms with Crippen LogP contribution in [0.1, 0.15) is 11.1 Å². The molecule has 1 aliphatic rings. The minimum Gasteiger partial charge on any atom is -0.297 e. The quantitative estimate of drug-likeness (QED) is 0.592. The summed E-state index contributed by atoms with van der Waals surface area (Å²) in [7, 11) is 0. The molecule has 1 amide bonds. The largest absolute Gasteiger partial charge is 0.297 e. The average Bonchev–Trinajstić information content (AvgIpc) is 2.39. The zero-order valence-corrected chi connectivity index (χ0v) is 7.05. The number of fused-ring (bicyclic) bond motifs is 1. The van der Waals surface area contributed by atoms with Crippen molar-refractivity contribution in [2.75, 3.05) is 0 Å². The number of hydrogen-bond acceptors (Lipinski definition) is 1. The maximum Gasteiger partial charge on any atom is 0.217 e. The maximum absolute atomic E-state index is 10.5. The molecule has 1 aliphatic heterocycles. The molecule has 0 fully saturated rings. The number of rotatable bonds is 1. The first-order valence-electron chi connectivity index (χ1n) is 4.08. The molecule has 0 unspecified atom stereocenters. The molecule has 0 bridgehead atoms. The van der Waals surface area contributed by atoms with E-state index in [4.69, 9.17) is 0 Å². The molecule has 2 nitrogen and oxygen atoms in total. The molecule has 0 N–H and O–H groups in total. The van der Waals surface area contributed by atoms with Crippen LogP contribution in [-0.2, 0) is 4.79 Å². The fourth-order valence-corrected chi connectivity index (χ4v) is 1.27. The van der Waals surface area contributed by atoms with Gasteiger partial charge in [-0.25, -0.2) is 0 Å². The van der Waals surface area contributed by atoms with E-state index in [1.165, 1.54) is 4.90 Å². The molecule has 13 heavy (non-hydrogen) atoms. The molecule has 0 aromatic heterocycles. The summed E-state index contributed by atoms with van der Waals surface area (Å²) in [5, 5.41) is 0. The van der Waals surface area contributed by atoms with Crippen LogP contribution in [0.25, 0.3) is 12.2 Å². The number of carbonyl (C=O) groups excluding carboxylic acids is 1. The molecular formula is C11H9NO. The predicted octanol–water partition coefficient (Wildman–Crippen LogP) is 2.10. The van der Waals surface area contributed by atoms with Gasteiger partial charge < -0.3 is 0 Å². The van der Waals surface area contributed by atoms with Crippen LogP contribution in [0.15, 0.2) is 36.7 Å². The van der Waals surface area contributed by atoms with Gasteiger partial charge in [-0.05, 0) is 23.3 Å². The van der Waals surface area contributed by atoms with Gasteiger partial charge >= 0.3 is 0 Å². The first-order valence-corrected chi connectivity index (χ1v) is 4.08. The van der Waals surface area contributed by atoms with Crippen molar-refractivity contribution in [3.05, 3.63) is 47.8 Å². The monoisotopic (exact) mass is 171 g/mol. The van der Waals surface area contributed by atoms with Crippen LogP contribution in [0, 0.1) is 0 Å². The maximum atomic E-state index is 10.5. The highest BCUT2D eigenvalue weighted by Gasteiger charge is 1.99. The molecule has 0 aliphatic carbocycles. The van der Waals surface area contributed by atoms with E-state index in [0.29, 0.717) is 0 Å². The number of nitrogens with zero attached hydrogens (tertiary/aromatic N) is 1. The van der Waals surface area contributed by atoms with Gasteiger partial charge in [0.05, 0.1) is 0 Å². The van der Waals surface area contributed by atoms with Crippen molar-refractivity contribution in [3.63, 3.8) is 0 Å². The highest BCUT2D eigenvalue weighted by molar-refractivity contribution is 5.70. The van der Waals surface area contributed by atoms with Gasteiger partial charge in [-0.3, -0.25) is 9.69 Å². The van der Waals surface area contributed by atoms with Crippen LogP contribution >= 0.6 is 0 Å². The number of carbonyl (C=O) groups is 1. The van der Waals surface area contributed by atoms with Gasteiger partial charge in [-0.2, -0.15) is 0 Å². The second kappa shape index (κ2) is 3.27. The Morgan fingerprint density at radius 1 is 1.00 bits per heavy atom. The van der Waals surface area contributed by atoms with Crippen molar-refractivity contribution in [2.24, 2.45) is 0 Å². The summed E-state index contributed by atoms with van der Waals surface area (Å²) in [5.41, 5.74) is 2.26. The van der Waals surface area contributed by atoms with Gasteiger partial charge in [0, 0.05) is 12.4 Å². The van der Waals surface area contributed by atoms with Gasteiger partial charge in [-0.15, -0.1) is 0 Å². The molecule has 1 aromatic carbocycles. The zero-order chi connectivity index (χ0) is 9.10. The third-order valence-corrected chi connectivity index (χ3v) is 1.97. The lowest BCUT2D eigenvalue weighted by molar-refractivity contribution is -0.114. The van der Waals surface area contributed by atoms with E-state index >= 15 is 0 Å². The Morgan fingerprint density at radius 3 is 2.00 bits per heavy atom. The Kier molecular flexibility index (Phi) is 1.96. The van der Waals surface area contributed by atoms with Crippen LogP contribution in [0.2, 0.25) is 0 Å². The van der Waals surface area contributed by atoms with Gasteiger partial charge in [0.1, 0.15) is 0 Å². The number of amides is 1. The van der Waals surface area contributed by atoms with Crippen molar-refractivity contribution in [1.82, 2.24) is 4.90 Å². The summed E-state index contributed by atoms with van der Waals surface area (Å²) in [6.45, 7) is 0. The minimum atomic E-state index is 0.777. The SMILES string of the molecule is O=CN1C=Cc2ccccc2C=C1. The molecule has 0 atom stereocenters. The highest BCUT2D eigenvalue weighted by atomic mass is 16.1. The van der Waals surface area contributed by atoms with E-state index in [1.807, 2.05) is 36.4 Å². The van der Waals surface area contributed by atoms with Crippen LogP contribution in [0.3, 0.4) is 0 Å². The van der Waals surface area contributed by atoms with Crippen molar-refractivity contribution in [1.29, 1.82) is 0 Å². The molecule has 2 heteroatoms. The standard InChI is InChI=1S/C11H9NO/c13-9-12-7-5-10-3-1-2-4-11(10)6-8-12/h1-9H. The van der Waals surface area contributed by atoms with E-state index < -0.39 is 0 Å². The van der Waals surface area contributed by atoms with Crippen molar-refractivity contribution >= 4 is 18.6 Å². The van der Waals surface area contributed by atoms with Gasteiger partial charge in [0.25, 0.3) is 0 Å². The van der Waals surface area contributed by atoms with E-state index in [9.17, 15) is 4.79 Å². The molecule has 0 spiro atoms. The first-order chi connectivity index (χ1) is 6.40. The van der Waals surface area contributed by atoms with E-state index in [1.54, 1.807) is 12.4 Å². The molecule has 0 saturated carbocycles. The van der Waals surface area contributed by atoms with E-state index in [0.717, 1.165) is 17.5 Å². The third-order valence-electron chi connectivity index (χ3n) is 1.97. The lowest BCUT2D eigenvalue weighted by atomic mass is 10.1. The van der Waals surface area contributed by atoms with Crippen LogP contribution in [0.4, 0.5) is 0 Å². The molecule has 1 heterocycles. The molecular weight excluding hydrogens is 162 g/mol. The summed E-state index contributed by atoms with van der Waals surface area (Å²) < 4.78 is 0. The van der Waals surface area contributed by atoms with E-state index in [2.05, 4.69) is 0 Å². The van der Waals surface area contributed by atoms with Crippen molar-refractivity contribution in [2.45, 2.75) is 0 Å². The van der Waals surface area contributed by atoms with Crippen LogP contribution < -0.4 is 0 Å². The molecule has 2 rings (SSSR count). The summed E-state index contributed by atoms with van der Waals surface area (Å²) >= 11 is 0. The second-order valence-electron chi connectivity index (χ2n) is 2.81. The fraction of sp³-hybridized carbons (Fsp3) is 0. The van der Waals surface area contributed by atoms with Crippen molar-refractivity contribution < 1.29 is 4.79 Å². The lowest BCUT2D eigenvalue weighted by Gasteiger charge is -2.00. The number of benzene rings is 1. The smallest absolute Gasteiger partial charge is 0.217 e. The Hall–Kier alpha value is -1.83. The molecule has 64 valence electrons. The fourth-order valence-electron chi connectivity index (χ4n) is 1.27. The average molecular weight is 171 g/mol. The highest BCUT2D eigenvalue weighted by Crippen LogP contribution is 2.15. The summed E-state index contributed by atoms with van der Waals surface area (Å²) in [6, 6.07) is 8.00. The van der Waals surface area contributed by atoms with Gasteiger partial charge in [0.15, 0.2) is 0 Å². The topological polar surface area (TPSA) is 20.3 Å². The Balaban J connectivity index is 2.46. The van der Waals surface area contributed by atoms with E-state index in [-0.39, 0.29) is 0 Å². The summed E-state index contributed by atoms with van der Waals surface area (Å²) in [4.78, 5) is 12.0. The zero-order valence-electron chi connectivity index (χ0n) is 7.05. The minimum absolute atomic E-state index is 0.777. The lowest BCUT2D eigenvalue weighted by Crippen LogP contribution is -2.03. The van der Waals surface area contributed by atoms with Gasteiger partial charge in [0.2, 0.25) is 6.41 Å². The number of hydrogen-bond donors (Lipinski definition) is 0. The third kappa shape index (κ3) is 1.51. The molecule has 0 radical (unpaired) electrons. The molecule has 1 aromatic rings. The van der Waals surface area contributed by atoms with Gasteiger partial charge in [-0.1, -0.05) is 24.3 Å². The van der Waals surface area contributed by atoms with Crippen LogP contribution in [-0.4, -0.2) is 11.3 Å². The van der Waals surface area contributed by atoms with Crippen LogP contribution in [0.5, 0.6) is 0 Å². The molecule has 0 saturated heterocycles. The Labute approximate surface area is 76.8 Å². The normalized spacial score (nSPS) is 13.7. The Bertz CT molecular complexity index is 346. The summed E-state index contributed by atoms with van der Waals surface area (Å²) in [5.74, 6) is 0. The summed E-state index contributed by atoms with van der Waals surface area (Å²) in [6.07, 6.45) is 8.11.